The third-order valence-corrected chi connectivity index (χ3v) is 4.19. The quantitative estimate of drug-likeness (QED) is 0.585. The summed E-state index contributed by atoms with van der Waals surface area (Å²) in [4.78, 5) is 19.5. The first-order valence-electron chi connectivity index (χ1n) is 7.86. The second-order valence-corrected chi connectivity index (χ2v) is 6.01. The summed E-state index contributed by atoms with van der Waals surface area (Å²) in [5.41, 5.74) is 4.10. The molecule has 5 nitrogen and oxygen atoms in total. The Kier molecular flexibility index (Phi) is 3.99. The molecule has 124 valence electrons. The maximum atomic E-state index is 12.5. The SMILES string of the molecule is O=C(NCc1cccn1-c1ccccc1)c1ccc2nc(Cl)[nH]c2c1. The van der Waals surface area contributed by atoms with E-state index in [1.165, 1.54) is 0 Å². The third-order valence-electron chi connectivity index (χ3n) is 4.01. The molecule has 0 radical (unpaired) electrons. The van der Waals surface area contributed by atoms with Crippen LogP contribution in [0.5, 0.6) is 0 Å². The zero-order valence-corrected chi connectivity index (χ0v) is 14.0. The molecule has 1 amide bonds. The summed E-state index contributed by atoms with van der Waals surface area (Å²) in [7, 11) is 0. The minimum absolute atomic E-state index is 0.145. The first-order chi connectivity index (χ1) is 12.2. The molecule has 0 bridgehead atoms. The number of aromatic nitrogens is 3. The van der Waals surface area contributed by atoms with Crippen molar-refractivity contribution in [1.29, 1.82) is 0 Å². The van der Waals surface area contributed by atoms with E-state index < -0.39 is 0 Å². The Morgan fingerprint density at radius 2 is 1.96 bits per heavy atom. The van der Waals surface area contributed by atoms with Gasteiger partial charge in [-0.15, -0.1) is 0 Å². The zero-order valence-electron chi connectivity index (χ0n) is 13.2. The number of imidazole rings is 1. The Balaban J connectivity index is 1.51. The number of hydrogen-bond donors (Lipinski definition) is 2. The van der Waals surface area contributed by atoms with Crippen molar-refractivity contribution < 1.29 is 4.79 Å². The van der Waals surface area contributed by atoms with Gasteiger partial charge >= 0.3 is 0 Å². The van der Waals surface area contributed by atoms with Gasteiger partial charge in [0.15, 0.2) is 0 Å². The average molecular weight is 351 g/mol. The smallest absolute Gasteiger partial charge is 0.251 e. The largest absolute Gasteiger partial charge is 0.346 e. The summed E-state index contributed by atoms with van der Waals surface area (Å²) in [6.45, 7) is 0.433. The van der Waals surface area contributed by atoms with Crippen LogP contribution in [0.4, 0.5) is 0 Å². The Hall–Kier alpha value is -3.05. The van der Waals surface area contributed by atoms with Gasteiger partial charge < -0.3 is 14.9 Å². The number of nitrogens with zero attached hydrogens (tertiary/aromatic N) is 2. The van der Waals surface area contributed by atoms with Gasteiger partial charge in [0.2, 0.25) is 5.28 Å². The summed E-state index contributed by atoms with van der Waals surface area (Å²) >= 11 is 5.85. The summed E-state index contributed by atoms with van der Waals surface area (Å²) < 4.78 is 2.05. The van der Waals surface area contributed by atoms with Gasteiger partial charge in [0.25, 0.3) is 5.91 Å². The van der Waals surface area contributed by atoms with Crippen molar-refractivity contribution in [1.82, 2.24) is 19.9 Å². The van der Waals surface area contributed by atoms with E-state index in [9.17, 15) is 4.79 Å². The van der Waals surface area contributed by atoms with Crippen LogP contribution in [0.3, 0.4) is 0 Å². The van der Waals surface area contributed by atoms with Crippen LogP contribution in [-0.2, 0) is 6.54 Å². The third kappa shape index (κ3) is 3.14. The van der Waals surface area contributed by atoms with E-state index in [0.717, 1.165) is 22.4 Å². The standard InChI is InChI=1S/C19H15ClN4O/c20-19-22-16-9-8-13(11-17(16)23-19)18(25)21-12-15-7-4-10-24(15)14-5-2-1-3-6-14/h1-11H,12H2,(H,21,25)(H,22,23). The van der Waals surface area contributed by atoms with Crippen molar-refractivity contribution in [2.45, 2.75) is 6.54 Å². The lowest BCUT2D eigenvalue weighted by Crippen LogP contribution is -2.23. The molecule has 0 aliphatic carbocycles. The highest BCUT2D eigenvalue weighted by atomic mass is 35.5. The maximum absolute atomic E-state index is 12.5. The van der Waals surface area contributed by atoms with Crippen LogP contribution >= 0.6 is 11.6 Å². The summed E-state index contributed by atoms with van der Waals surface area (Å²) in [5, 5.41) is 3.27. The Labute approximate surface area is 149 Å². The number of carbonyl (C=O) groups excluding carboxylic acids is 1. The monoisotopic (exact) mass is 350 g/mol. The van der Waals surface area contributed by atoms with Gasteiger partial charge in [-0.25, -0.2) is 4.98 Å². The molecule has 0 spiro atoms. The highest BCUT2D eigenvalue weighted by Crippen LogP contribution is 2.17. The van der Waals surface area contributed by atoms with E-state index >= 15 is 0 Å². The van der Waals surface area contributed by atoms with Gasteiger partial charge in [-0.2, -0.15) is 0 Å². The number of amides is 1. The number of fused-ring (bicyclic) bond motifs is 1. The number of nitrogens with one attached hydrogen (secondary N) is 2. The van der Waals surface area contributed by atoms with Gasteiger partial charge in [-0.1, -0.05) is 18.2 Å². The Morgan fingerprint density at radius 3 is 2.80 bits per heavy atom. The maximum Gasteiger partial charge on any atom is 0.251 e. The van der Waals surface area contributed by atoms with Crippen LogP contribution in [-0.4, -0.2) is 20.4 Å². The van der Waals surface area contributed by atoms with Crippen LogP contribution < -0.4 is 5.32 Å². The summed E-state index contributed by atoms with van der Waals surface area (Å²) in [6, 6.07) is 19.2. The van der Waals surface area contributed by atoms with Crippen molar-refractivity contribution in [3.05, 3.63) is 83.4 Å². The lowest BCUT2D eigenvalue weighted by atomic mass is 10.2. The molecule has 25 heavy (non-hydrogen) atoms. The second kappa shape index (κ2) is 6.45. The van der Waals surface area contributed by atoms with Crippen LogP contribution in [0.25, 0.3) is 16.7 Å². The molecule has 0 saturated heterocycles. The minimum atomic E-state index is -0.145. The van der Waals surface area contributed by atoms with Gasteiger partial charge in [-0.3, -0.25) is 4.79 Å². The molecule has 0 atom stereocenters. The fourth-order valence-corrected chi connectivity index (χ4v) is 2.99. The molecule has 6 heteroatoms. The average Bonchev–Trinajstić information content (AvgIpc) is 3.24. The number of hydrogen-bond acceptors (Lipinski definition) is 2. The number of benzene rings is 2. The zero-order chi connectivity index (χ0) is 17.2. The predicted molar refractivity (Wildman–Crippen MR) is 98.0 cm³/mol. The Morgan fingerprint density at radius 1 is 1.12 bits per heavy atom. The summed E-state index contributed by atoms with van der Waals surface area (Å²) in [6.07, 6.45) is 1.98. The molecule has 2 N–H and O–H groups in total. The predicted octanol–water partition coefficient (Wildman–Crippen LogP) is 3.94. The van der Waals surface area contributed by atoms with Gasteiger partial charge in [0, 0.05) is 23.1 Å². The van der Waals surface area contributed by atoms with Crippen LogP contribution in [0.15, 0.2) is 66.9 Å². The van der Waals surface area contributed by atoms with E-state index in [2.05, 4.69) is 19.9 Å². The molecule has 0 saturated carbocycles. The molecule has 0 unspecified atom stereocenters. The van der Waals surface area contributed by atoms with Crippen molar-refractivity contribution in [2.75, 3.05) is 0 Å². The van der Waals surface area contributed by atoms with E-state index in [1.54, 1.807) is 18.2 Å². The number of para-hydroxylation sites is 1. The van der Waals surface area contributed by atoms with Gasteiger partial charge in [0.05, 0.1) is 17.6 Å². The molecule has 0 aliphatic rings. The van der Waals surface area contributed by atoms with Crippen molar-refractivity contribution in [3.63, 3.8) is 0 Å². The van der Waals surface area contributed by atoms with Gasteiger partial charge in [0.1, 0.15) is 0 Å². The van der Waals surface area contributed by atoms with E-state index in [4.69, 9.17) is 11.6 Å². The second-order valence-electron chi connectivity index (χ2n) is 5.65. The molecule has 4 aromatic rings. The molecule has 2 aromatic carbocycles. The highest BCUT2D eigenvalue weighted by Gasteiger charge is 2.10. The number of H-pyrrole nitrogens is 1. The fourth-order valence-electron chi connectivity index (χ4n) is 2.79. The molecular weight excluding hydrogens is 336 g/mol. The lowest BCUT2D eigenvalue weighted by Gasteiger charge is -2.10. The van der Waals surface area contributed by atoms with Crippen LogP contribution in [0, 0.1) is 0 Å². The number of halogens is 1. The number of carbonyl (C=O) groups is 1. The first-order valence-corrected chi connectivity index (χ1v) is 8.23. The van der Waals surface area contributed by atoms with Crippen LogP contribution in [0.2, 0.25) is 5.28 Å². The number of rotatable bonds is 4. The Bertz CT molecular complexity index is 1040. The van der Waals surface area contributed by atoms with Crippen molar-refractivity contribution >= 4 is 28.5 Å². The first kappa shape index (κ1) is 15.5. The minimum Gasteiger partial charge on any atom is -0.346 e. The highest BCUT2D eigenvalue weighted by molar-refractivity contribution is 6.29. The van der Waals surface area contributed by atoms with Crippen LogP contribution in [0.1, 0.15) is 16.1 Å². The summed E-state index contributed by atoms with van der Waals surface area (Å²) in [5.74, 6) is -0.145. The molecule has 2 aromatic heterocycles. The number of aromatic amines is 1. The van der Waals surface area contributed by atoms with Crippen molar-refractivity contribution in [2.24, 2.45) is 0 Å². The van der Waals surface area contributed by atoms with E-state index in [-0.39, 0.29) is 5.91 Å². The molecule has 0 aliphatic heterocycles. The normalized spacial score (nSPS) is 10.9. The molecular formula is C19H15ClN4O. The molecule has 2 heterocycles. The van der Waals surface area contributed by atoms with Gasteiger partial charge in [-0.05, 0) is 54.1 Å². The fraction of sp³-hybridized carbons (Fsp3) is 0.0526. The van der Waals surface area contributed by atoms with E-state index in [1.807, 2.05) is 48.7 Å². The molecule has 0 fully saturated rings. The lowest BCUT2D eigenvalue weighted by molar-refractivity contribution is 0.0950. The topological polar surface area (TPSA) is 62.7 Å². The van der Waals surface area contributed by atoms with Crippen molar-refractivity contribution in [3.8, 4) is 5.69 Å². The molecule has 4 rings (SSSR count). The van der Waals surface area contributed by atoms with E-state index in [0.29, 0.717) is 17.4 Å².